The van der Waals surface area contributed by atoms with Gasteiger partial charge in [0.1, 0.15) is 0 Å². The largest absolute Gasteiger partial charge is 0.481 e. The number of amides is 2. The first-order chi connectivity index (χ1) is 11.5. The van der Waals surface area contributed by atoms with Crippen LogP contribution in [0.15, 0.2) is 36.5 Å². The van der Waals surface area contributed by atoms with Gasteiger partial charge < -0.3 is 15.7 Å². The van der Waals surface area contributed by atoms with Crippen molar-refractivity contribution in [3.63, 3.8) is 0 Å². The van der Waals surface area contributed by atoms with E-state index in [9.17, 15) is 9.59 Å². The normalized spacial score (nSPS) is 11.7. The van der Waals surface area contributed by atoms with Gasteiger partial charge >= 0.3 is 12.0 Å². The number of aromatic nitrogens is 1. The minimum absolute atomic E-state index is 0.0197. The highest BCUT2D eigenvalue weighted by Crippen LogP contribution is 2.11. The predicted molar refractivity (Wildman–Crippen MR) is 93.0 cm³/mol. The molecule has 2 rings (SSSR count). The van der Waals surface area contributed by atoms with Gasteiger partial charge in [0.25, 0.3) is 0 Å². The molecule has 0 fully saturated rings. The molecule has 1 aromatic carbocycles. The van der Waals surface area contributed by atoms with Crippen molar-refractivity contribution in [1.82, 2.24) is 15.6 Å². The molecule has 0 aliphatic carbocycles. The molecule has 2 aromatic rings. The number of carboxylic acids is 1. The molecular formula is C17H21N3O3S. The summed E-state index contributed by atoms with van der Waals surface area (Å²) in [6.45, 7) is 2.32. The Bertz CT molecular complexity index is 673. The van der Waals surface area contributed by atoms with Gasteiger partial charge in [-0.15, -0.1) is 11.3 Å². The van der Waals surface area contributed by atoms with Crippen molar-refractivity contribution in [2.75, 3.05) is 0 Å². The van der Waals surface area contributed by atoms with Gasteiger partial charge in [-0.2, -0.15) is 0 Å². The molecule has 0 spiro atoms. The fourth-order valence-corrected chi connectivity index (χ4v) is 3.05. The van der Waals surface area contributed by atoms with E-state index < -0.39 is 5.97 Å². The number of benzene rings is 1. The van der Waals surface area contributed by atoms with E-state index in [0.717, 1.165) is 15.4 Å². The van der Waals surface area contributed by atoms with E-state index in [4.69, 9.17) is 5.11 Å². The summed E-state index contributed by atoms with van der Waals surface area (Å²) in [6.07, 6.45) is 2.75. The van der Waals surface area contributed by atoms with Crippen LogP contribution < -0.4 is 10.6 Å². The molecule has 0 aliphatic heterocycles. The number of aliphatic carboxylic acids is 1. The maximum Gasteiger partial charge on any atom is 0.315 e. The van der Waals surface area contributed by atoms with E-state index in [1.165, 1.54) is 11.3 Å². The second kappa shape index (κ2) is 9.02. The molecule has 1 aromatic heterocycles. The minimum atomic E-state index is -0.865. The standard InChI is InChI=1S/C17H21N3O3S/c1-12-18-10-15(24-12)11-19-17(23)20-14(7-8-16(21)22)9-13-5-3-2-4-6-13/h2-6,10,14H,7-9,11H2,1H3,(H,21,22)(H2,19,20,23). The summed E-state index contributed by atoms with van der Waals surface area (Å²) in [5.74, 6) is -0.865. The zero-order valence-electron chi connectivity index (χ0n) is 13.5. The smallest absolute Gasteiger partial charge is 0.315 e. The third-order valence-corrected chi connectivity index (χ3v) is 4.37. The van der Waals surface area contributed by atoms with E-state index in [1.54, 1.807) is 6.20 Å². The minimum Gasteiger partial charge on any atom is -0.481 e. The summed E-state index contributed by atoms with van der Waals surface area (Å²) in [5.41, 5.74) is 1.06. The lowest BCUT2D eigenvalue weighted by atomic mass is 10.0. The third-order valence-electron chi connectivity index (χ3n) is 3.46. The lowest BCUT2D eigenvalue weighted by Crippen LogP contribution is -2.43. The maximum absolute atomic E-state index is 12.1. The Morgan fingerprint density at radius 1 is 1.29 bits per heavy atom. The summed E-state index contributed by atoms with van der Waals surface area (Å²) in [6, 6.07) is 9.18. The summed E-state index contributed by atoms with van der Waals surface area (Å²) >= 11 is 1.53. The quantitative estimate of drug-likeness (QED) is 0.685. The van der Waals surface area contributed by atoms with E-state index in [-0.39, 0.29) is 18.5 Å². The lowest BCUT2D eigenvalue weighted by molar-refractivity contribution is -0.137. The van der Waals surface area contributed by atoms with Gasteiger partial charge in [-0.25, -0.2) is 9.78 Å². The summed E-state index contributed by atoms with van der Waals surface area (Å²) in [4.78, 5) is 28.0. The van der Waals surface area contributed by atoms with Gasteiger partial charge in [-0.05, 0) is 25.3 Å². The molecule has 6 nitrogen and oxygen atoms in total. The number of carboxylic acid groups (broad SMARTS) is 1. The van der Waals surface area contributed by atoms with Crippen LogP contribution >= 0.6 is 11.3 Å². The molecule has 0 radical (unpaired) electrons. The Hall–Kier alpha value is -2.41. The van der Waals surface area contributed by atoms with E-state index in [2.05, 4.69) is 15.6 Å². The van der Waals surface area contributed by atoms with E-state index in [0.29, 0.717) is 19.4 Å². The highest BCUT2D eigenvalue weighted by molar-refractivity contribution is 7.11. The Balaban J connectivity index is 1.88. The number of hydrogen-bond acceptors (Lipinski definition) is 4. The fourth-order valence-electron chi connectivity index (χ4n) is 2.31. The van der Waals surface area contributed by atoms with Crippen molar-refractivity contribution in [2.24, 2.45) is 0 Å². The zero-order valence-corrected chi connectivity index (χ0v) is 14.3. The molecule has 1 unspecified atom stereocenters. The van der Waals surface area contributed by atoms with Gasteiger partial charge in [0.05, 0.1) is 11.6 Å². The second-order valence-electron chi connectivity index (χ2n) is 5.49. The van der Waals surface area contributed by atoms with Crippen LogP contribution in [0.4, 0.5) is 4.79 Å². The van der Waals surface area contributed by atoms with Gasteiger partial charge in [0.2, 0.25) is 0 Å². The molecule has 24 heavy (non-hydrogen) atoms. The summed E-state index contributed by atoms with van der Waals surface area (Å²) in [7, 11) is 0. The first-order valence-electron chi connectivity index (χ1n) is 7.74. The van der Waals surface area contributed by atoms with Crippen LogP contribution in [0.5, 0.6) is 0 Å². The van der Waals surface area contributed by atoms with E-state index >= 15 is 0 Å². The number of aryl methyl sites for hydroxylation is 1. The predicted octanol–water partition coefficient (Wildman–Crippen LogP) is 2.73. The number of thiazole rings is 1. The van der Waals surface area contributed by atoms with Crippen LogP contribution in [-0.4, -0.2) is 28.1 Å². The summed E-state index contributed by atoms with van der Waals surface area (Å²) < 4.78 is 0. The molecule has 0 aliphatic rings. The molecular weight excluding hydrogens is 326 g/mol. The number of carbonyl (C=O) groups excluding carboxylic acids is 1. The van der Waals surface area contributed by atoms with Crippen molar-refractivity contribution >= 4 is 23.3 Å². The number of carbonyl (C=O) groups is 2. The van der Waals surface area contributed by atoms with Crippen LogP contribution in [0.1, 0.15) is 28.3 Å². The molecule has 3 N–H and O–H groups in total. The van der Waals surface area contributed by atoms with Crippen molar-refractivity contribution in [1.29, 1.82) is 0 Å². The molecule has 0 saturated carbocycles. The van der Waals surface area contributed by atoms with Crippen LogP contribution in [-0.2, 0) is 17.8 Å². The zero-order chi connectivity index (χ0) is 17.4. The Morgan fingerprint density at radius 2 is 2.04 bits per heavy atom. The molecule has 128 valence electrons. The topological polar surface area (TPSA) is 91.3 Å². The van der Waals surface area contributed by atoms with E-state index in [1.807, 2.05) is 37.3 Å². The Labute approximate surface area is 144 Å². The monoisotopic (exact) mass is 347 g/mol. The average molecular weight is 347 g/mol. The SMILES string of the molecule is Cc1ncc(CNC(=O)NC(CCC(=O)O)Cc2ccccc2)s1. The van der Waals surface area contributed by atoms with Crippen molar-refractivity contribution in [2.45, 2.75) is 38.8 Å². The number of rotatable bonds is 8. The van der Waals surface area contributed by atoms with Gasteiger partial charge in [0, 0.05) is 23.5 Å². The number of urea groups is 1. The molecule has 1 atom stereocenters. The number of nitrogens with one attached hydrogen (secondary N) is 2. The molecule has 0 saturated heterocycles. The number of hydrogen-bond donors (Lipinski definition) is 3. The average Bonchev–Trinajstić information content (AvgIpc) is 2.97. The van der Waals surface area contributed by atoms with Crippen LogP contribution in [0, 0.1) is 6.92 Å². The highest BCUT2D eigenvalue weighted by Gasteiger charge is 2.15. The highest BCUT2D eigenvalue weighted by atomic mass is 32.1. The second-order valence-corrected chi connectivity index (χ2v) is 6.81. The molecule has 7 heteroatoms. The molecule has 1 heterocycles. The van der Waals surface area contributed by atoms with Crippen LogP contribution in [0.25, 0.3) is 0 Å². The maximum atomic E-state index is 12.1. The molecule has 2 amide bonds. The fraction of sp³-hybridized carbons (Fsp3) is 0.353. The Morgan fingerprint density at radius 3 is 2.67 bits per heavy atom. The summed E-state index contributed by atoms with van der Waals surface area (Å²) in [5, 5.41) is 15.5. The van der Waals surface area contributed by atoms with Gasteiger partial charge in [-0.1, -0.05) is 30.3 Å². The van der Waals surface area contributed by atoms with Crippen molar-refractivity contribution in [3.8, 4) is 0 Å². The molecule has 0 bridgehead atoms. The van der Waals surface area contributed by atoms with Crippen LogP contribution in [0.2, 0.25) is 0 Å². The first kappa shape index (κ1) is 17.9. The van der Waals surface area contributed by atoms with Gasteiger partial charge in [0.15, 0.2) is 0 Å². The third kappa shape index (κ3) is 6.37. The van der Waals surface area contributed by atoms with Crippen molar-refractivity contribution < 1.29 is 14.7 Å². The lowest BCUT2D eigenvalue weighted by Gasteiger charge is -2.18. The van der Waals surface area contributed by atoms with Gasteiger partial charge in [-0.3, -0.25) is 4.79 Å². The van der Waals surface area contributed by atoms with Crippen molar-refractivity contribution in [3.05, 3.63) is 52.0 Å². The number of nitrogens with zero attached hydrogens (tertiary/aromatic N) is 1. The Kier molecular flexibility index (Phi) is 6.74. The van der Waals surface area contributed by atoms with Crippen LogP contribution in [0.3, 0.4) is 0 Å². The first-order valence-corrected chi connectivity index (χ1v) is 8.56.